The van der Waals surface area contributed by atoms with Crippen LogP contribution < -0.4 is 10.1 Å². The molecule has 0 radical (unpaired) electrons. The highest BCUT2D eigenvalue weighted by Gasteiger charge is 2.17. The molecular formula is C19H13Cl2N5O2S. The van der Waals surface area contributed by atoms with E-state index in [0.717, 1.165) is 10.6 Å². The van der Waals surface area contributed by atoms with E-state index < -0.39 is 0 Å². The third kappa shape index (κ3) is 4.73. The Morgan fingerprint density at radius 3 is 2.41 bits per heavy atom. The monoisotopic (exact) mass is 445 g/mol. The number of benzene rings is 2. The molecule has 0 bridgehead atoms. The van der Waals surface area contributed by atoms with Gasteiger partial charge in [-0.05, 0) is 36.4 Å². The summed E-state index contributed by atoms with van der Waals surface area (Å²) in [5.74, 6) is 0.218. The van der Waals surface area contributed by atoms with Crippen LogP contribution in [0.5, 0.6) is 5.75 Å². The van der Waals surface area contributed by atoms with Gasteiger partial charge in [0.05, 0.1) is 0 Å². The fourth-order valence-corrected chi connectivity index (χ4v) is 3.65. The molecule has 0 aliphatic heterocycles. The summed E-state index contributed by atoms with van der Waals surface area (Å²) in [6, 6.07) is 14.0. The minimum absolute atomic E-state index is 0.157. The summed E-state index contributed by atoms with van der Waals surface area (Å²) in [5.41, 5.74) is 1.50. The highest BCUT2D eigenvalue weighted by atomic mass is 35.5. The second-order valence-corrected chi connectivity index (χ2v) is 7.66. The van der Waals surface area contributed by atoms with Gasteiger partial charge in [-0.1, -0.05) is 46.7 Å². The maximum Gasteiger partial charge on any atom is 0.264 e. The van der Waals surface area contributed by atoms with Gasteiger partial charge < -0.3 is 4.74 Å². The van der Waals surface area contributed by atoms with Gasteiger partial charge in [0.2, 0.25) is 0 Å². The Hall–Kier alpha value is -2.94. The Morgan fingerprint density at radius 1 is 1.07 bits per heavy atom. The van der Waals surface area contributed by atoms with Crippen molar-refractivity contribution in [1.82, 2.24) is 19.7 Å². The molecule has 10 heteroatoms. The molecule has 7 nitrogen and oxygen atoms in total. The summed E-state index contributed by atoms with van der Waals surface area (Å²) in [6.45, 7) is -0.157. The fourth-order valence-electron chi connectivity index (χ4n) is 2.46. The number of nitrogens with one attached hydrogen (secondary N) is 1. The van der Waals surface area contributed by atoms with Gasteiger partial charge in [-0.25, -0.2) is 14.6 Å². The van der Waals surface area contributed by atoms with Crippen LogP contribution in [0, 0.1) is 0 Å². The van der Waals surface area contributed by atoms with E-state index >= 15 is 0 Å². The van der Waals surface area contributed by atoms with Crippen LogP contribution in [0.1, 0.15) is 0 Å². The normalized spacial score (nSPS) is 10.7. The van der Waals surface area contributed by atoms with Crippen LogP contribution in [0.4, 0.5) is 5.13 Å². The van der Waals surface area contributed by atoms with Gasteiger partial charge in [0.15, 0.2) is 11.7 Å². The van der Waals surface area contributed by atoms with Gasteiger partial charge in [0.1, 0.15) is 29.1 Å². The van der Waals surface area contributed by atoms with Gasteiger partial charge >= 0.3 is 0 Å². The zero-order valence-corrected chi connectivity index (χ0v) is 17.1. The predicted molar refractivity (Wildman–Crippen MR) is 113 cm³/mol. The van der Waals surface area contributed by atoms with Crippen LogP contribution in [-0.4, -0.2) is 32.3 Å². The zero-order chi connectivity index (χ0) is 20.2. The molecule has 2 aromatic heterocycles. The van der Waals surface area contributed by atoms with Crippen molar-refractivity contribution in [3.8, 4) is 22.0 Å². The van der Waals surface area contributed by atoms with E-state index in [9.17, 15) is 4.79 Å². The molecule has 2 aromatic carbocycles. The highest BCUT2D eigenvalue weighted by Crippen LogP contribution is 2.34. The van der Waals surface area contributed by atoms with Crippen LogP contribution in [0.25, 0.3) is 16.3 Å². The molecule has 0 unspecified atom stereocenters. The van der Waals surface area contributed by atoms with E-state index in [0.29, 0.717) is 26.6 Å². The quantitative estimate of drug-likeness (QED) is 0.464. The van der Waals surface area contributed by atoms with E-state index in [1.165, 1.54) is 17.7 Å². The number of rotatable bonds is 6. The van der Waals surface area contributed by atoms with E-state index in [-0.39, 0.29) is 12.5 Å². The van der Waals surface area contributed by atoms with Crippen molar-refractivity contribution >= 4 is 45.6 Å². The first kappa shape index (κ1) is 19.4. The summed E-state index contributed by atoms with van der Waals surface area (Å²) in [6.07, 6.45) is 3.01. The van der Waals surface area contributed by atoms with Crippen molar-refractivity contribution in [2.24, 2.45) is 0 Å². The lowest BCUT2D eigenvalue weighted by molar-refractivity contribution is -0.118. The predicted octanol–water partition coefficient (Wildman–Crippen LogP) is 4.72. The lowest BCUT2D eigenvalue weighted by Crippen LogP contribution is -2.20. The number of amides is 1. The van der Waals surface area contributed by atoms with Crippen LogP contribution in [0.2, 0.25) is 10.0 Å². The van der Waals surface area contributed by atoms with Crippen molar-refractivity contribution in [2.75, 3.05) is 11.9 Å². The van der Waals surface area contributed by atoms with E-state index in [1.54, 1.807) is 47.4 Å². The minimum atomic E-state index is -0.332. The van der Waals surface area contributed by atoms with Gasteiger partial charge in [-0.2, -0.15) is 5.10 Å². The number of nitrogens with zero attached hydrogens (tertiary/aromatic N) is 4. The standard InChI is InChI=1S/C19H13Cl2N5O2S/c20-13-3-1-12(2-4-13)17-18(26-11-22-10-23-26)29-19(25-17)24-16(27)9-28-15-7-5-14(21)6-8-15/h1-8,10-11H,9H2,(H,24,25,27). The SMILES string of the molecule is O=C(COc1ccc(Cl)cc1)Nc1nc(-c2ccc(Cl)cc2)c(-n2cncn2)s1. The largest absolute Gasteiger partial charge is 0.484 e. The molecule has 146 valence electrons. The summed E-state index contributed by atoms with van der Waals surface area (Å²) < 4.78 is 7.06. The fraction of sp³-hybridized carbons (Fsp3) is 0.0526. The number of hydrogen-bond acceptors (Lipinski definition) is 6. The molecular weight excluding hydrogens is 433 g/mol. The highest BCUT2D eigenvalue weighted by molar-refractivity contribution is 7.18. The molecule has 0 saturated heterocycles. The maximum absolute atomic E-state index is 12.3. The first-order valence-corrected chi connectivity index (χ1v) is 9.96. The van der Waals surface area contributed by atoms with Crippen LogP contribution in [-0.2, 0) is 4.79 Å². The lowest BCUT2D eigenvalue weighted by Gasteiger charge is -2.05. The number of ether oxygens (including phenoxy) is 1. The van der Waals surface area contributed by atoms with Crippen molar-refractivity contribution in [2.45, 2.75) is 0 Å². The summed E-state index contributed by atoms with van der Waals surface area (Å²) >= 11 is 13.1. The zero-order valence-electron chi connectivity index (χ0n) is 14.8. The molecule has 0 saturated carbocycles. The lowest BCUT2D eigenvalue weighted by atomic mass is 10.2. The van der Waals surface area contributed by atoms with Crippen LogP contribution in [0.3, 0.4) is 0 Å². The topological polar surface area (TPSA) is 81.9 Å². The first-order chi connectivity index (χ1) is 14.1. The summed E-state index contributed by atoms with van der Waals surface area (Å²) in [4.78, 5) is 20.8. The molecule has 0 spiro atoms. The molecule has 1 N–H and O–H groups in total. The number of hydrogen-bond donors (Lipinski definition) is 1. The van der Waals surface area contributed by atoms with Gasteiger partial charge in [-0.3, -0.25) is 10.1 Å². The van der Waals surface area contributed by atoms with Gasteiger partial charge in [0.25, 0.3) is 5.91 Å². The Kier molecular flexibility index (Phi) is 5.75. The number of aromatic nitrogens is 4. The third-order valence-electron chi connectivity index (χ3n) is 3.78. The number of anilines is 1. The van der Waals surface area contributed by atoms with Crippen molar-refractivity contribution in [1.29, 1.82) is 0 Å². The second-order valence-electron chi connectivity index (χ2n) is 5.81. The molecule has 2 heterocycles. The summed E-state index contributed by atoms with van der Waals surface area (Å²) in [7, 11) is 0. The molecule has 0 aliphatic carbocycles. The Bertz CT molecular complexity index is 1110. The Balaban J connectivity index is 1.53. The maximum atomic E-state index is 12.3. The summed E-state index contributed by atoms with van der Waals surface area (Å²) in [5, 5.41) is 9.29. The van der Waals surface area contributed by atoms with Crippen molar-refractivity contribution < 1.29 is 9.53 Å². The second kappa shape index (κ2) is 8.60. The van der Waals surface area contributed by atoms with Crippen LogP contribution in [0.15, 0.2) is 61.2 Å². The minimum Gasteiger partial charge on any atom is -0.484 e. The smallest absolute Gasteiger partial charge is 0.264 e. The van der Waals surface area contributed by atoms with Gasteiger partial charge in [0, 0.05) is 15.6 Å². The number of halogens is 2. The molecule has 29 heavy (non-hydrogen) atoms. The molecule has 0 atom stereocenters. The Morgan fingerprint density at radius 2 is 1.76 bits per heavy atom. The number of thiazole rings is 1. The van der Waals surface area contributed by atoms with Crippen molar-refractivity contribution in [3.05, 3.63) is 71.2 Å². The molecule has 0 fully saturated rings. The van der Waals surface area contributed by atoms with E-state index in [4.69, 9.17) is 27.9 Å². The Labute approximate surface area is 179 Å². The van der Waals surface area contributed by atoms with Crippen molar-refractivity contribution in [3.63, 3.8) is 0 Å². The van der Waals surface area contributed by atoms with E-state index in [2.05, 4.69) is 20.4 Å². The average molecular weight is 446 g/mol. The van der Waals surface area contributed by atoms with E-state index in [1.807, 2.05) is 12.1 Å². The number of carbonyl (C=O) groups excluding carboxylic acids is 1. The third-order valence-corrected chi connectivity index (χ3v) is 5.25. The average Bonchev–Trinajstić information content (AvgIpc) is 3.38. The molecule has 4 aromatic rings. The molecule has 0 aliphatic rings. The van der Waals surface area contributed by atoms with Crippen LogP contribution >= 0.6 is 34.5 Å². The van der Waals surface area contributed by atoms with Gasteiger partial charge in [-0.15, -0.1) is 0 Å². The number of carbonyl (C=O) groups is 1. The first-order valence-electron chi connectivity index (χ1n) is 8.38. The molecule has 1 amide bonds. The molecule has 4 rings (SSSR count).